The number of carbonyl (C=O) groups excluding carboxylic acids is 1. The third-order valence-electron chi connectivity index (χ3n) is 5.17. The number of carbonyl (C=O) groups is 1. The molecule has 5 heteroatoms. The Kier molecular flexibility index (Phi) is 5.01. The second kappa shape index (κ2) is 6.97. The third-order valence-corrected chi connectivity index (χ3v) is 5.17. The zero-order valence-electron chi connectivity index (χ0n) is 12.9. The predicted molar refractivity (Wildman–Crippen MR) is 80.0 cm³/mol. The number of piperidine rings is 1. The van der Waals surface area contributed by atoms with Crippen LogP contribution < -0.4 is 5.32 Å². The fourth-order valence-corrected chi connectivity index (χ4v) is 3.83. The molecule has 1 saturated carbocycles. The topological polar surface area (TPSA) is 50.8 Å². The zero-order valence-corrected chi connectivity index (χ0v) is 12.9. The zero-order chi connectivity index (χ0) is 14.5. The molecule has 1 spiro atoms. The van der Waals surface area contributed by atoms with Crippen molar-refractivity contribution in [2.45, 2.75) is 57.2 Å². The number of ether oxygens (including phenoxy) is 2. The first-order valence-electron chi connectivity index (χ1n) is 8.58. The van der Waals surface area contributed by atoms with Gasteiger partial charge in [-0.3, -0.25) is 0 Å². The molecule has 2 heterocycles. The smallest absolute Gasteiger partial charge is 0.317 e. The van der Waals surface area contributed by atoms with Crippen molar-refractivity contribution in [3.8, 4) is 0 Å². The lowest BCUT2D eigenvalue weighted by atomic mass is 10.0. The van der Waals surface area contributed by atoms with Crippen LogP contribution in [-0.2, 0) is 9.47 Å². The number of rotatable bonds is 4. The quantitative estimate of drug-likeness (QED) is 0.811. The first kappa shape index (κ1) is 15.1. The van der Waals surface area contributed by atoms with E-state index in [1.54, 1.807) is 0 Å². The highest BCUT2D eigenvalue weighted by atomic mass is 16.7. The van der Waals surface area contributed by atoms with Crippen LogP contribution in [0.3, 0.4) is 0 Å². The maximum Gasteiger partial charge on any atom is 0.317 e. The van der Waals surface area contributed by atoms with Crippen molar-refractivity contribution in [3.63, 3.8) is 0 Å². The Morgan fingerprint density at radius 1 is 1.14 bits per heavy atom. The molecule has 0 unspecified atom stereocenters. The predicted octanol–water partition coefficient (Wildman–Crippen LogP) is 2.51. The van der Waals surface area contributed by atoms with Gasteiger partial charge in [-0.2, -0.15) is 0 Å². The summed E-state index contributed by atoms with van der Waals surface area (Å²) >= 11 is 0. The number of amides is 2. The molecular weight excluding hydrogens is 268 g/mol. The van der Waals surface area contributed by atoms with Crippen molar-refractivity contribution in [2.75, 3.05) is 32.8 Å². The standard InChI is InChI=1S/C16H28N2O3/c19-15(17-9-3-6-14-4-1-2-5-14)18-10-7-16(8-11-18)20-12-13-21-16/h14H,1-13H2,(H,17,19). The van der Waals surface area contributed by atoms with Crippen LogP contribution in [0.4, 0.5) is 4.79 Å². The molecule has 0 radical (unpaired) electrons. The van der Waals surface area contributed by atoms with Gasteiger partial charge in [0.1, 0.15) is 0 Å². The lowest BCUT2D eigenvalue weighted by molar-refractivity contribution is -0.181. The summed E-state index contributed by atoms with van der Waals surface area (Å²) < 4.78 is 11.4. The highest BCUT2D eigenvalue weighted by Crippen LogP contribution is 2.31. The lowest BCUT2D eigenvalue weighted by Gasteiger charge is -2.37. The molecule has 2 amide bonds. The second-order valence-electron chi connectivity index (χ2n) is 6.62. The highest BCUT2D eigenvalue weighted by Gasteiger charge is 2.40. The van der Waals surface area contributed by atoms with Gasteiger partial charge in [-0.25, -0.2) is 4.79 Å². The van der Waals surface area contributed by atoms with E-state index in [9.17, 15) is 4.79 Å². The average molecular weight is 296 g/mol. The Morgan fingerprint density at radius 2 is 1.81 bits per heavy atom. The number of nitrogens with zero attached hydrogens (tertiary/aromatic N) is 1. The van der Waals surface area contributed by atoms with Gasteiger partial charge in [0.25, 0.3) is 0 Å². The molecule has 3 aliphatic rings. The van der Waals surface area contributed by atoms with E-state index in [1.165, 1.54) is 32.1 Å². The molecule has 0 atom stereocenters. The van der Waals surface area contributed by atoms with Crippen LogP contribution in [0, 0.1) is 5.92 Å². The molecular formula is C16H28N2O3. The van der Waals surface area contributed by atoms with Crippen molar-refractivity contribution in [3.05, 3.63) is 0 Å². The van der Waals surface area contributed by atoms with Crippen LogP contribution >= 0.6 is 0 Å². The van der Waals surface area contributed by atoms with Crippen molar-refractivity contribution in [1.29, 1.82) is 0 Å². The molecule has 0 aromatic heterocycles. The van der Waals surface area contributed by atoms with Gasteiger partial charge in [-0.05, 0) is 18.8 Å². The van der Waals surface area contributed by atoms with Crippen LogP contribution in [-0.4, -0.2) is 49.6 Å². The van der Waals surface area contributed by atoms with Gasteiger partial charge < -0.3 is 19.7 Å². The van der Waals surface area contributed by atoms with E-state index in [0.717, 1.165) is 44.8 Å². The molecule has 21 heavy (non-hydrogen) atoms. The van der Waals surface area contributed by atoms with Crippen LogP contribution in [0.1, 0.15) is 51.4 Å². The Hall–Kier alpha value is -0.810. The fraction of sp³-hybridized carbons (Fsp3) is 0.938. The largest absolute Gasteiger partial charge is 0.347 e. The van der Waals surface area contributed by atoms with Crippen molar-refractivity contribution in [2.24, 2.45) is 5.92 Å². The summed E-state index contributed by atoms with van der Waals surface area (Å²) in [6, 6.07) is 0.0780. The van der Waals surface area contributed by atoms with Gasteiger partial charge in [0.05, 0.1) is 13.2 Å². The first-order valence-corrected chi connectivity index (χ1v) is 8.58. The van der Waals surface area contributed by atoms with Crippen molar-refractivity contribution in [1.82, 2.24) is 10.2 Å². The molecule has 1 aliphatic carbocycles. The normalized spacial score (nSPS) is 25.6. The monoisotopic (exact) mass is 296 g/mol. The Labute approximate surface area is 127 Å². The van der Waals surface area contributed by atoms with Gasteiger partial charge >= 0.3 is 6.03 Å². The molecule has 3 rings (SSSR count). The number of likely N-dealkylation sites (tertiary alicyclic amines) is 1. The first-order chi connectivity index (χ1) is 10.3. The summed E-state index contributed by atoms with van der Waals surface area (Å²) in [6.07, 6.45) is 9.55. The van der Waals surface area contributed by atoms with Crippen LogP contribution in [0.5, 0.6) is 0 Å². The minimum atomic E-state index is -0.390. The van der Waals surface area contributed by atoms with Gasteiger partial charge in [-0.1, -0.05) is 25.7 Å². The van der Waals surface area contributed by atoms with Gasteiger partial charge in [0.15, 0.2) is 5.79 Å². The number of hydrogen-bond donors (Lipinski definition) is 1. The highest BCUT2D eigenvalue weighted by molar-refractivity contribution is 5.74. The maximum absolute atomic E-state index is 12.1. The number of urea groups is 1. The van der Waals surface area contributed by atoms with Gasteiger partial charge in [0.2, 0.25) is 0 Å². The van der Waals surface area contributed by atoms with Crippen LogP contribution in [0.25, 0.3) is 0 Å². The van der Waals surface area contributed by atoms with Crippen molar-refractivity contribution >= 4 is 6.03 Å². The molecule has 5 nitrogen and oxygen atoms in total. The third kappa shape index (κ3) is 3.89. The molecule has 2 saturated heterocycles. The second-order valence-corrected chi connectivity index (χ2v) is 6.62. The maximum atomic E-state index is 12.1. The fourth-order valence-electron chi connectivity index (χ4n) is 3.83. The number of hydrogen-bond acceptors (Lipinski definition) is 3. The van der Waals surface area contributed by atoms with E-state index in [4.69, 9.17) is 9.47 Å². The van der Waals surface area contributed by atoms with E-state index < -0.39 is 0 Å². The van der Waals surface area contributed by atoms with E-state index in [0.29, 0.717) is 13.2 Å². The van der Waals surface area contributed by atoms with E-state index in [1.807, 2.05) is 4.90 Å². The molecule has 0 bridgehead atoms. The summed E-state index contributed by atoms with van der Waals surface area (Å²) in [4.78, 5) is 14.0. The molecule has 0 aromatic rings. The summed E-state index contributed by atoms with van der Waals surface area (Å²) in [5, 5.41) is 3.06. The number of nitrogens with one attached hydrogen (secondary N) is 1. The van der Waals surface area contributed by atoms with E-state index in [-0.39, 0.29) is 11.8 Å². The lowest BCUT2D eigenvalue weighted by Crippen LogP contribution is -2.50. The summed E-state index contributed by atoms with van der Waals surface area (Å²) in [5.74, 6) is 0.521. The molecule has 3 fully saturated rings. The van der Waals surface area contributed by atoms with E-state index in [2.05, 4.69) is 5.32 Å². The van der Waals surface area contributed by atoms with Crippen LogP contribution in [0.2, 0.25) is 0 Å². The van der Waals surface area contributed by atoms with Gasteiger partial charge in [0, 0.05) is 32.5 Å². The Balaban J connectivity index is 1.30. The summed E-state index contributed by atoms with van der Waals surface area (Å²) in [5.41, 5.74) is 0. The van der Waals surface area contributed by atoms with Gasteiger partial charge in [-0.15, -0.1) is 0 Å². The molecule has 2 aliphatic heterocycles. The minimum absolute atomic E-state index is 0.0780. The van der Waals surface area contributed by atoms with Crippen LogP contribution in [0.15, 0.2) is 0 Å². The Bertz CT molecular complexity index is 339. The Morgan fingerprint density at radius 3 is 2.48 bits per heavy atom. The van der Waals surface area contributed by atoms with E-state index >= 15 is 0 Å². The summed E-state index contributed by atoms with van der Waals surface area (Å²) in [7, 11) is 0. The molecule has 1 N–H and O–H groups in total. The minimum Gasteiger partial charge on any atom is -0.347 e. The van der Waals surface area contributed by atoms with Crippen molar-refractivity contribution < 1.29 is 14.3 Å². The molecule has 0 aromatic carbocycles. The summed E-state index contributed by atoms with van der Waals surface area (Å²) in [6.45, 7) is 3.65. The average Bonchev–Trinajstić information content (AvgIpc) is 3.16. The molecule has 120 valence electrons. The SMILES string of the molecule is O=C(NCCCC1CCCC1)N1CCC2(CC1)OCCO2.